The predicted molar refractivity (Wildman–Crippen MR) is 538 cm³/mol. The van der Waals surface area contributed by atoms with Gasteiger partial charge in [-0.1, -0.05) is 255 Å². The molecule has 28 aromatic rings. The van der Waals surface area contributed by atoms with Gasteiger partial charge in [0.15, 0.2) is 5.82 Å². The number of nitrogens with zero attached hydrogens (tertiary/aromatic N) is 16. The van der Waals surface area contributed by atoms with Gasteiger partial charge in [0.1, 0.15) is 0 Å². The second-order valence-electron chi connectivity index (χ2n) is 32.9. The number of para-hydroxylation sites is 9. The van der Waals surface area contributed by atoms with Crippen molar-refractivity contribution in [2.45, 2.75) is 0 Å². The number of aromatic nitrogens is 16. The Labute approximate surface area is 753 Å². The molecule has 0 aliphatic rings. The Morgan fingerprint density at radius 1 is 0.174 bits per heavy atom. The Morgan fingerprint density at radius 3 is 0.886 bits per heavy atom. The van der Waals surface area contributed by atoms with E-state index in [2.05, 4.69) is 319 Å². The Hall–Kier alpha value is -18.3. The van der Waals surface area contributed by atoms with Crippen LogP contribution in [0.5, 0.6) is 0 Å². The molecule has 0 aliphatic heterocycles. The van der Waals surface area contributed by atoms with E-state index in [1.54, 1.807) is 0 Å². The first-order chi connectivity index (χ1) is 65.6. The van der Waals surface area contributed by atoms with Crippen LogP contribution in [-0.2, 0) is 0 Å². The van der Waals surface area contributed by atoms with E-state index in [1.165, 1.54) is 5.39 Å². The lowest BCUT2D eigenvalue weighted by molar-refractivity contribution is 0.991. The van der Waals surface area contributed by atoms with Gasteiger partial charge in [0.2, 0.25) is 5.95 Å². The van der Waals surface area contributed by atoms with Crippen LogP contribution in [0, 0.1) is 0 Å². The van der Waals surface area contributed by atoms with Crippen LogP contribution in [0.2, 0.25) is 0 Å². The van der Waals surface area contributed by atoms with Gasteiger partial charge < -0.3 is 18.3 Å². The Morgan fingerprint density at radius 2 is 0.485 bits per heavy atom. The van der Waals surface area contributed by atoms with Crippen LogP contribution in [0.1, 0.15) is 0 Å². The van der Waals surface area contributed by atoms with Gasteiger partial charge >= 0.3 is 0 Å². The molecule has 16 heteroatoms. The lowest BCUT2D eigenvalue weighted by Gasteiger charge is -2.15. The smallest absolute Gasteiger partial charge is 0.235 e. The van der Waals surface area contributed by atoms with Crippen molar-refractivity contribution >= 4 is 164 Å². The van der Waals surface area contributed by atoms with Crippen molar-refractivity contribution in [1.82, 2.24) is 77.2 Å². The molecule has 0 N–H and O–H groups in total. The lowest BCUT2D eigenvalue weighted by atomic mass is 10.0. The molecule has 616 valence electrons. The first-order valence-corrected chi connectivity index (χ1v) is 44.1. The highest BCUT2D eigenvalue weighted by Crippen LogP contribution is 2.51. The summed E-state index contributed by atoms with van der Waals surface area (Å²) in [5.41, 5.74) is 27.4. The Balaban J connectivity index is 0.000000104. The van der Waals surface area contributed by atoms with Crippen molar-refractivity contribution in [2.75, 3.05) is 0 Å². The monoisotopic (exact) mass is 1690 g/mol. The third-order valence-corrected chi connectivity index (χ3v) is 25.7. The van der Waals surface area contributed by atoms with Crippen molar-refractivity contribution in [3.63, 3.8) is 0 Å². The minimum Gasteiger partial charge on any atom is -0.307 e. The van der Waals surface area contributed by atoms with Crippen LogP contribution in [-0.4, -0.2) is 77.2 Å². The topological polar surface area (TPSA) is 158 Å². The van der Waals surface area contributed by atoms with Gasteiger partial charge in [-0.15, -0.1) is 0 Å². The molecule has 14 aromatic heterocycles. The fourth-order valence-electron chi connectivity index (χ4n) is 20.4. The number of fused-ring (bicyclic) bond motifs is 30. The second kappa shape index (κ2) is 30.8. The summed E-state index contributed by atoms with van der Waals surface area (Å²) in [7, 11) is 0. The van der Waals surface area contributed by atoms with E-state index in [4.69, 9.17) is 49.8 Å². The highest BCUT2D eigenvalue weighted by atomic mass is 15.2. The molecule has 14 aromatic carbocycles. The molecule has 16 nitrogen and oxygen atoms in total. The Bertz CT molecular complexity index is 9050. The van der Waals surface area contributed by atoms with E-state index < -0.39 is 0 Å². The van der Waals surface area contributed by atoms with E-state index in [0.717, 1.165) is 232 Å². The van der Waals surface area contributed by atoms with Crippen LogP contribution in [0.15, 0.2) is 438 Å². The number of pyridine rings is 6. The minimum absolute atomic E-state index is 0.636. The van der Waals surface area contributed by atoms with Crippen molar-refractivity contribution < 1.29 is 0 Å². The first kappa shape index (κ1) is 75.1. The van der Waals surface area contributed by atoms with E-state index in [-0.39, 0.29) is 0 Å². The van der Waals surface area contributed by atoms with Gasteiger partial charge in [0.05, 0.1) is 135 Å². The summed E-state index contributed by atoms with van der Waals surface area (Å²) in [6, 6.07) is 135. The lowest BCUT2D eigenvalue weighted by Crippen LogP contribution is -2.03. The maximum atomic E-state index is 5.20. The molecule has 0 atom stereocenters. The fourth-order valence-corrected chi connectivity index (χ4v) is 20.4. The predicted octanol–water partition coefficient (Wildman–Crippen LogP) is 27.7. The van der Waals surface area contributed by atoms with E-state index in [9.17, 15) is 0 Å². The number of rotatable bonds is 10. The van der Waals surface area contributed by atoms with Crippen LogP contribution in [0.25, 0.3) is 243 Å². The molecular weight excluding hydrogens is 1620 g/mol. The molecule has 0 saturated carbocycles. The molecule has 0 aliphatic carbocycles. The van der Waals surface area contributed by atoms with Gasteiger partial charge in [-0.2, -0.15) is 0 Å². The van der Waals surface area contributed by atoms with Crippen LogP contribution >= 0.6 is 0 Å². The average Bonchev–Trinajstić information content (AvgIpc) is 1.53. The molecule has 14 heterocycles. The third-order valence-electron chi connectivity index (χ3n) is 25.7. The zero-order valence-electron chi connectivity index (χ0n) is 70.7. The zero-order valence-corrected chi connectivity index (χ0v) is 70.7. The molecule has 0 saturated heterocycles. The summed E-state index contributed by atoms with van der Waals surface area (Å²) in [6.45, 7) is 0. The van der Waals surface area contributed by atoms with Crippen molar-refractivity contribution in [3.05, 3.63) is 438 Å². The number of hydrogen-bond acceptors (Lipinski definition) is 10. The van der Waals surface area contributed by atoms with Crippen LogP contribution < -0.4 is 0 Å². The van der Waals surface area contributed by atoms with E-state index >= 15 is 0 Å². The van der Waals surface area contributed by atoms with Crippen LogP contribution in [0.4, 0.5) is 0 Å². The molecule has 0 unspecified atom stereocenters. The average molecular weight is 1690 g/mol. The zero-order chi connectivity index (χ0) is 86.9. The van der Waals surface area contributed by atoms with Gasteiger partial charge in [-0.05, 0) is 133 Å². The maximum absolute atomic E-state index is 5.20. The highest BCUT2D eigenvalue weighted by molar-refractivity contribution is 6.39. The second-order valence-corrected chi connectivity index (χ2v) is 32.9. The fraction of sp³-hybridized carbons (Fsp3) is 0. The summed E-state index contributed by atoms with van der Waals surface area (Å²) in [5, 5.41) is 17.2. The molecule has 0 spiro atoms. The normalized spacial score (nSPS) is 11.8. The van der Waals surface area contributed by atoms with Gasteiger partial charge in [0, 0.05) is 146 Å². The van der Waals surface area contributed by atoms with Gasteiger partial charge in [0.25, 0.3) is 0 Å². The standard InChI is InChI=1S/C42H26N6.2C37H23N5/c1-2-13-27(14-3-1)47-37-21-7-5-16-30(37)39-40-31(17-12-24-45-40)38-29-15-4-6-20-36(29)48(41(38)42(39)47)28-25-34(32-18-8-10-22-43-32)46-35(26-28)33-19-9-11-23-44-33;1-3-12-24(13-4-1)29-21-23-39-37(40-29)42-31-20-10-7-16-26(31)32-28-18-11-22-38-34(28)33-27-17-8-9-19-30(27)41(36(33)35(32)42)25-14-5-2-6-15-25;1-3-12-24(13-4-1)29-22-38-23-32(40-29)42-31-20-10-7-16-26(31)33-28-18-11-21-39-35(28)34-27-17-8-9-19-30(27)41(37(34)36(33)42)25-14-5-2-6-15-25/h1-26H;2*1-23H. The summed E-state index contributed by atoms with van der Waals surface area (Å²) >= 11 is 0. The van der Waals surface area contributed by atoms with E-state index in [1.807, 2.05) is 147 Å². The highest BCUT2D eigenvalue weighted by Gasteiger charge is 2.31. The molecule has 0 fully saturated rings. The van der Waals surface area contributed by atoms with Crippen molar-refractivity contribution in [1.29, 1.82) is 0 Å². The number of benzene rings is 14. The van der Waals surface area contributed by atoms with Crippen molar-refractivity contribution in [3.8, 4) is 79.8 Å². The summed E-state index contributed by atoms with van der Waals surface area (Å²) in [4.78, 5) is 49.5. The molecule has 132 heavy (non-hydrogen) atoms. The number of hydrogen-bond donors (Lipinski definition) is 0. The van der Waals surface area contributed by atoms with Crippen molar-refractivity contribution in [2.24, 2.45) is 0 Å². The van der Waals surface area contributed by atoms with E-state index in [0.29, 0.717) is 5.95 Å². The summed E-state index contributed by atoms with van der Waals surface area (Å²) in [6.07, 6.45) is 14.9. The molecule has 0 radical (unpaired) electrons. The molecule has 0 bridgehead atoms. The molecule has 28 rings (SSSR count). The Kier molecular flexibility index (Phi) is 17.5. The minimum atomic E-state index is 0.636. The SMILES string of the molecule is c1ccc(-c2ccnc(-n3c4ccccc4c4c5cccnc5c5c6ccccc6n(-c6ccccc6)c5c43)n2)cc1.c1ccc(-c2cncc(-n3c4ccccc4c4c5cccnc5c5c6ccccc6n(-c6ccccc6)c5c43)n2)cc1.c1ccc(-n2c3ccccc3c3c4ncccc4c4c5ccccc5n(-c5cc(-c6ccccn6)nc(-c6ccccn6)c5)c4c32)cc1. The van der Waals surface area contributed by atoms with Crippen LogP contribution in [0.3, 0.4) is 0 Å². The first-order valence-electron chi connectivity index (χ1n) is 44.1. The third kappa shape index (κ3) is 11.8. The van der Waals surface area contributed by atoms with Gasteiger partial charge in [-0.25, -0.2) is 19.9 Å². The quantitative estimate of drug-likeness (QED) is 0.129. The summed E-state index contributed by atoms with van der Waals surface area (Å²) in [5.74, 6) is 1.41. The largest absolute Gasteiger partial charge is 0.307 e. The molecule has 0 amide bonds. The van der Waals surface area contributed by atoms with Gasteiger partial charge in [-0.3, -0.25) is 39.0 Å². The summed E-state index contributed by atoms with van der Waals surface area (Å²) < 4.78 is 14.1. The molecular formula is C116H72N16. The maximum Gasteiger partial charge on any atom is 0.235 e.